The minimum Gasteiger partial charge on any atom is -0.492 e. The first-order valence-corrected chi connectivity index (χ1v) is 7.01. The molecular formula is C17H18N2O2. The lowest BCUT2D eigenvalue weighted by Gasteiger charge is -2.31. The molecule has 0 aromatic heterocycles. The van der Waals surface area contributed by atoms with Crippen molar-refractivity contribution in [3.63, 3.8) is 0 Å². The van der Waals surface area contributed by atoms with Gasteiger partial charge in [-0.2, -0.15) is 0 Å². The predicted octanol–water partition coefficient (Wildman–Crippen LogP) is 1.83. The highest BCUT2D eigenvalue weighted by Gasteiger charge is 2.29. The molecule has 0 aliphatic carbocycles. The fourth-order valence-corrected chi connectivity index (χ4v) is 2.79. The van der Waals surface area contributed by atoms with Crippen LogP contribution in [0.2, 0.25) is 0 Å². The minimum atomic E-state index is -0.435. The van der Waals surface area contributed by atoms with Crippen molar-refractivity contribution in [3.8, 4) is 5.75 Å². The van der Waals surface area contributed by atoms with Gasteiger partial charge in [-0.25, -0.2) is 0 Å². The van der Waals surface area contributed by atoms with Crippen molar-refractivity contribution in [2.45, 2.75) is 18.4 Å². The van der Waals surface area contributed by atoms with Crippen molar-refractivity contribution in [3.05, 3.63) is 65.2 Å². The van der Waals surface area contributed by atoms with Crippen LogP contribution in [0.1, 0.15) is 27.4 Å². The number of hydrogen-bond donors (Lipinski definition) is 2. The second kappa shape index (κ2) is 5.58. The molecular weight excluding hydrogens is 264 g/mol. The molecule has 1 amide bonds. The maximum atomic E-state index is 11.4. The maximum absolute atomic E-state index is 11.4. The van der Waals surface area contributed by atoms with Crippen molar-refractivity contribution in [1.29, 1.82) is 0 Å². The summed E-state index contributed by atoms with van der Waals surface area (Å²) in [6.07, 6.45) is 0.820. The molecule has 0 radical (unpaired) electrons. The van der Waals surface area contributed by atoms with Crippen LogP contribution >= 0.6 is 0 Å². The van der Waals surface area contributed by atoms with Crippen LogP contribution in [0.15, 0.2) is 48.5 Å². The molecule has 0 unspecified atom stereocenters. The van der Waals surface area contributed by atoms with E-state index in [4.69, 9.17) is 16.2 Å². The fourth-order valence-electron chi connectivity index (χ4n) is 2.79. The van der Waals surface area contributed by atoms with Gasteiger partial charge in [0.1, 0.15) is 12.4 Å². The van der Waals surface area contributed by atoms with Crippen molar-refractivity contribution in [2.24, 2.45) is 11.5 Å². The highest BCUT2D eigenvalue weighted by molar-refractivity contribution is 5.93. The van der Waals surface area contributed by atoms with E-state index >= 15 is 0 Å². The Morgan fingerprint density at radius 2 is 1.95 bits per heavy atom. The van der Waals surface area contributed by atoms with E-state index in [1.807, 2.05) is 24.3 Å². The summed E-state index contributed by atoms with van der Waals surface area (Å²) in [5.74, 6) is 0.480. The average Bonchev–Trinajstić information content (AvgIpc) is 2.50. The zero-order chi connectivity index (χ0) is 14.8. The second-order valence-corrected chi connectivity index (χ2v) is 5.39. The zero-order valence-electron chi connectivity index (χ0n) is 11.7. The molecule has 1 aliphatic heterocycles. The SMILES string of the molecule is NC(=O)c1ccc2c(c1)[C@H](Cc1ccccc1)[C@@H](N)CO2. The number of nitrogens with two attached hydrogens (primary N) is 2. The third-order valence-corrected chi connectivity index (χ3v) is 3.94. The van der Waals surface area contributed by atoms with Crippen LogP contribution in [-0.4, -0.2) is 18.6 Å². The Morgan fingerprint density at radius 1 is 1.19 bits per heavy atom. The van der Waals surface area contributed by atoms with E-state index in [2.05, 4.69) is 12.1 Å². The predicted molar refractivity (Wildman–Crippen MR) is 81.3 cm³/mol. The van der Waals surface area contributed by atoms with Crippen LogP contribution < -0.4 is 16.2 Å². The number of hydrogen-bond acceptors (Lipinski definition) is 3. The van der Waals surface area contributed by atoms with Gasteiger partial charge in [0.15, 0.2) is 0 Å². The van der Waals surface area contributed by atoms with Crippen molar-refractivity contribution in [1.82, 2.24) is 0 Å². The van der Waals surface area contributed by atoms with Gasteiger partial charge in [-0.3, -0.25) is 4.79 Å². The van der Waals surface area contributed by atoms with E-state index in [0.29, 0.717) is 12.2 Å². The molecule has 0 bridgehead atoms. The Morgan fingerprint density at radius 3 is 2.67 bits per heavy atom. The number of carbonyl (C=O) groups is 1. The molecule has 108 valence electrons. The van der Waals surface area contributed by atoms with Crippen molar-refractivity contribution in [2.75, 3.05) is 6.61 Å². The van der Waals surface area contributed by atoms with Gasteiger partial charge in [0.2, 0.25) is 5.91 Å². The third-order valence-electron chi connectivity index (χ3n) is 3.94. The molecule has 4 nitrogen and oxygen atoms in total. The van der Waals surface area contributed by atoms with Gasteiger partial charge >= 0.3 is 0 Å². The number of rotatable bonds is 3. The largest absolute Gasteiger partial charge is 0.492 e. The molecule has 3 rings (SSSR count). The summed E-state index contributed by atoms with van der Waals surface area (Å²) in [7, 11) is 0. The van der Waals surface area contributed by atoms with Crippen LogP contribution in [0.4, 0.5) is 0 Å². The molecule has 21 heavy (non-hydrogen) atoms. The highest BCUT2D eigenvalue weighted by Crippen LogP contribution is 2.36. The van der Waals surface area contributed by atoms with Gasteiger partial charge in [0.05, 0.1) is 0 Å². The Hall–Kier alpha value is -2.33. The normalized spacial score (nSPS) is 20.4. The summed E-state index contributed by atoms with van der Waals surface area (Å²) in [6, 6.07) is 15.4. The number of carbonyl (C=O) groups excluding carboxylic acids is 1. The lowest BCUT2D eigenvalue weighted by Crippen LogP contribution is -2.39. The van der Waals surface area contributed by atoms with Crippen LogP contribution in [0.3, 0.4) is 0 Å². The van der Waals surface area contributed by atoms with E-state index in [1.54, 1.807) is 12.1 Å². The Bertz CT molecular complexity index is 655. The first-order chi connectivity index (χ1) is 10.1. The van der Waals surface area contributed by atoms with Gasteiger partial charge in [-0.15, -0.1) is 0 Å². The highest BCUT2D eigenvalue weighted by atomic mass is 16.5. The number of primary amides is 1. The molecule has 0 spiro atoms. The third kappa shape index (κ3) is 2.76. The number of fused-ring (bicyclic) bond motifs is 1. The number of ether oxygens (including phenoxy) is 1. The number of amides is 1. The summed E-state index contributed by atoms with van der Waals surface area (Å²) in [5.41, 5.74) is 14.3. The Kier molecular flexibility index (Phi) is 3.62. The monoisotopic (exact) mass is 282 g/mol. The number of benzene rings is 2. The van der Waals surface area contributed by atoms with Crippen molar-refractivity contribution >= 4 is 5.91 Å². The Balaban J connectivity index is 1.97. The maximum Gasteiger partial charge on any atom is 0.248 e. The van der Waals surface area contributed by atoms with Crippen LogP contribution in [0.5, 0.6) is 5.75 Å². The smallest absolute Gasteiger partial charge is 0.248 e. The molecule has 0 saturated carbocycles. The lowest BCUT2D eigenvalue weighted by atomic mass is 9.83. The minimum absolute atomic E-state index is 0.0965. The van der Waals surface area contributed by atoms with E-state index in [0.717, 1.165) is 17.7 Å². The van der Waals surface area contributed by atoms with Crippen LogP contribution in [-0.2, 0) is 6.42 Å². The first-order valence-electron chi connectivity index (χ1n) is 7.01. The molecule has 2 atom stereocenters. The van der Waals surface area contributed by atoms with Gasteiger partial charge in [0.25, 0.3) is 0 Å². The molecule has 2 aromatic carbocycles. The van der Waals surface area contributed by atoms with Crippen LogP contribution in [0, 0.1) is 0 Å². The quantitative estimate of drug-likeness (QED) is 0.901. The molecule has 2 aromatic rings. The summed E-state index contributed by atoms with van der Waals surface area (Å²) in [5, 5.41) is 0. The molecule has 0 saturated heterocycles. The van der Waals surface area contributed by atoms with E-state index in [1.165, 1.54) is 5.56 Å². The fraction of sp³-hybridized carbons (Fsp3) is 0.235. The van der Waals surface area contributed by atoms with Crippen molar-refractivity contribution < 1.29 is 9.53 Å². The molecule has 4 N–H and O–H groups in total. The van der Waals surface area contributed by atoms with Gasteiger partial charge in [0, 0.05) is 23.1 Å². The lowest BCUT2D eigenvalue weighted by molar-refractivity contribution is 0.1000. The summed E-state index contributed by atoms with van der Waals surface area (Å²) < 4.78 is 5.66. The second-order valence-electron chi connectivity index (χ2n) is 5.39. The van der Waals surface area contributed by atoms with Crippen LogP contribution in [0.25, 0.3) is 0 Å². The van der Waals surface area contributed by atoms with E-state index in [-0.39, 0.29) is 12.0 Å². The van der Waals surface area contributed by atoms with E-state index < -0.39 is 5.91 Å². The summed E-state index contributed by atoms with van der Waals surface area (Å²) in [4.78, 5) is 11.4. The Labute approximate surface area is 123 Å². The summed E-state index contributed by atoms with van der Waals surface area (Å²) >= 11 is 0. The zero-order valence-corrected chi connectivity index (χ0v) is 11.7. The first kappa shape index (κ1) is 13.6. The molecule has 1 heterocycles. The summed E-state index contributed by atoms with van der Waals surface area (Å²) in [6.45, 7) is 0.487. The topological polar surface area (TPSA) is 78.3 Å². The van der Waals surface area contributed by atoms with Gasteiger partial charge in [-0.05, 0) is 30.2 Å². The van der Waals surface area contributed by atoms with Gasteiger partial charge in [-0.1, -0.05) is 30.3 Å². The standard InChI is InChI=1S/C17H18N2O2/c18-15-10-21-16-7-6-12(17(19)20)9-14(16)13(15)8-11-4-2-1-3-5-11/h1-7,9,13,15H,8,10,18H2,(H2,19,20)/t13-,15-/m0/s1. The average molecular weight is 282 g/mol. The van der Waals surface area contributed by atoms with Gasteiger partial charge < -0.3 is 16.2 Å². The molecule has 4 heteroatoms. The van der Waals surface area contributed by atoms with E-state index in [9.17, 15) is 4.79 Å². The molecule has 1 aliphatic rings. The molecule has 0 fully saturated rings.